The van der Waals surface area contributed by atoms with Crippen molar-refractivity contribution in [3.8, 4) is 45.3 Å². The summed E-state index contributed by atoms with van der Waals surface area (Å²) in [4.78, 5) is 14.9. The highest BCUT2D eigenvalue weighted by Gasteiger charge is 2.35. The highest BCUT2D eigenvalue weighted by atomic mass is 16.3. The molecule has 0 atom stereocenters. The van der Waals surface area contributed by atoms with Crippen molar-refractivity contribution >= 4 is 21.9 Å². The molecule has 190 valence electrons. The van der Waals surface area contributed by atoms with Crippen LogP contribution in [0, 0.1) is 0 Å². The van der Waals surface area contributed by atoms with Crippen LogP contribution in [0.15, 0.2) is 120 Å². The lowest BCUT2D eigenvalue weighted by molar-refractivity contribution is 0.660. The van der Waals surface area contributed by atoms with E-state index in [1.807, 2.05) is 54.6 Å². The minimum atomic E-state index is -0.0497. The van der Waals surface area contributed by atoms with E-state index in [4.69, 9.17) is 19.4 Å². The second-order valence-electron chi connectivity index (χ2n) is 10.9. The minimum absolute atomic E-state index is 0.0497. The van der Waals surface area contributed by atoms with Crippen molar-refractivity contribution in [1.29, 1.82) is 0 Å². The fourth-order valence-electron chi connectivity index (χ4n) is 6.07. The van der Waals surface area contributed by atoms with Gasteiger partial charge in [0.2, 0.25) is 0 Å². The molecule has 8 rings (SSSR count). The molecule has 4 heteroatoms. The first-order valence-electron chi connectivity index (χ1n) is 13.5. The number of hydrogen-bond donors (Lipinski definition) is 0. The molecule has 5 aromatic carbocycles. The zero-order valence-electron chi connectivity index (χ0n) is 22.2. The highest BCUT2D eigenvalue weighted by Crippen LogP contribution is 2.49. The Morgan fingerprint density at radius 3 is 1.90 bits per heavy atom. The van der Waals surface area contributed by atoms with Crippen LogP contribution >= 0.6 is 0 Å². The average Bonchev–Trinajstić information content (AvgIpc) is 3.49. The van der Waals surface area contributed by atoms with Crippen molar-refractivity contribution in [3.05, 3.63) is 126 Å². The van der Waals surface area contributed by atoms with Crippen LogP contribution in [0.5, 0.6) is 0 Å². The van der Waals surface area contributed by atoms with Gasteiger partial charge in [-0.05, 0) is 46.5 Å². The molecule has 1 aliphatic carbocycles. The summed E-state index contributed by atoms with van der Waals surface area (Å²) in [5.41, 5.74) is 9.64. The summed E-state index contributed by atoms with van der Waals surface area (Å²) < 4.78 is 6.18. The van der Waals surface area contributed by atoms with Gasteiger partial charge in [-0.25, -0.2) is 15.0 Å². The van der Waals surface area contributed by atoms with E-state index in [2.05, 4.69) is 74.5 Å². The maximum Gasteiger partial charge on any atom is 0.164 e. The number of fused-ring (bicyclic) bond motifs is 6. The summed E-state index contributed by atoms with van der Waals surface area (Å²) in [5.74, 6) is 1.91. The fourth-order valence-corrected chi connectivity index (χ4v) is 6.07. The standard InChI is InChI=1S/C36H25N3O/c1-36(2)29-14-8-6-12-25(29)28-20-23(17-19-30(28)36)34-37-33(22-10-4-3-5-11-22)38-35(39-34)24-16-18-27-26-13-7-9-15-31(26)40-32(27)21-24/h3-21H,1-2H3. The van der Waals surface area contributed by atoms with Gasteiger partial charge in [0.1, 0.15) is 11.2 Å². The summed E-state index contributed by atoms with van der Waals surface area (Å²) in [6, 6.07) is 39.7. The number of hydrogen-bond acceptors (Lipinski definition) is 4. The number of aromatic nitrogens is 3. The predicted octanol–water partition coefficient (Wildman–Crippen LogP) is 9.08. The molecule has 0 fully saturated rings. The molecule has 4 nitrogen and oxygen atoms in total. The Bertz CT molecular complexity index is 2090. The van der Waals surface area contributed by atoms with Gasteiger partial charge in [-0.2, -0.15) is 0 Å². The number of para-hydroxylation sites is 1. The van der Waals surface area contributed by atoms with Crippen LogP contribution in [-0.2, 0) is 5.41 Å². The van der Waals surface area contributed by atoms with Crippen molar-refractivity contribution in [2.75, 3.05) is 0 Å². The van der Waals surface area contributed by atoms with E-state index in [1.54, 1.807) is 0 Å². The van der Waals surface area contributed by atoms with E-state index in [0.717, 1.165) is 38.6 Å². The molecule has 0 aliphatic heterocycles. The zero-order chi connectivity index (χ0) is 26.8. The SMILES string of the molecule is CC1(C)c2ccccc2-c2cc(-c3nc(-c4ccccc4)nc(-c4ccc5c(c4)oc4ccccc45)n3)ccc21. The molecular formula is C36H25N3O. The summed E-state index contributed by atoms with van der Waals surface area (Å²) in [6.07, 6.45) is 0. The van der Waals surface area contributed by atoms with Crippen LogP contribution in [0.2, 0.25) is 0 Å². The maximum absolute atomic E-state index is 6.18. The number of benzene rings is 5. The molecule has 0 amide bonds. The molecule has 2 aromatic heterocycles. The molecule has 0 radical (unpaired) electrons. The van der Waals surface area contributed by atoms with Crippen LogP contribution < -0.4 is 0 Å². The average molecular weight is 516 g/mol. The van der Waals surface area contributed by atoms with Crippen molar-refractivity contribution in [1.82, 2.24) is 15.0 Å². The monoisotopic (exact) mass is 515 g/mol. The van der Waals surface area contributed by atoms with Crippen molar-refractivity contribution in [2.45, 2.75) is 19.3 Å². The molecular weight excluding hydrogens is 490 g/mol. The van der Waals surface area contributed by atoms with Crippen molar-refractivity contribution in [2.24, 2.45) is 0 Å². The van der Waals surface area contributed by atoms with Crippen LogP contribution in [0.3, 0.4) is 0 Å². The van der Waals surface area contributed by atoms with E-state index in [9.17, 15) is 0 Å². The third-order valence-corrected chi connectivity index (χ3v) is 8.15. The van der Waals surface area contributed by atoms with Gasteiger partial charge in [-0.3, -0.25) is 0 Å². The maximum atomic E-state index is 6.18. The lowest BCUT2D eigenvalue weighted by Gasteiger charge is -2.21. The summed E-state index contributed by atoms with van der Waals surface area (Å²) in [7, 11) is 0. The molecule has 1 aliphatic rings. The molecule has 7 aromatic rings. The first kappa shape index (κ1) is 22.9. The lowest BCUT2D eigenvalue weighted by Crippen LogP contribution is -2.14. The van der Waals surface area contributed by atoms with Gasteiger partial charge in [-0.1, -0.05) is 105 Å². The Hall–Kier alpha value is -5.09. The largest absolute Gasteiger partial charge is 0.456 e. The second kappa shape index (κ2) is 8.45. The molecule has 0 unspecified atom stereocenters. The van der Waals surface area contributed by atoms with Crippen molar-refractivity contribution < 1.29 is 4.42 Å². The highest BCUT2D eigenvalue weighted by molar-refractivity contribution is 6.05. The molecule has 0 bridgehead atoms. The van der Waals surface area contributed by atoms with Crippen LogP contribution in [0.4, 0.5) is 0 Å². The van der Waals surface area contributed by atoms with E-state index in [0.29, 0.717) is 17.5 Å². The normalized spacial score (nSPS) is 13.4. The van der Waals surface area contributed by atoms with Gasteiger partial charge >= 0.3 is 0 Å². The van der Waals surface area contributed by atoms with E-state index >= 15 is 0 Å². The van der Waals surface area contributed by atoms with E-state index in [1.165, 1.54) is 22.3 Å². The number of furan rings is 1. The molecule has 0 spiro atoms. The molecule has 40 heavy (non-hydrogen) atoms. The molecule has 0 N–H and O–H groups in total. The summed E-state index contributed by atoms with van der Waals surface area (Å²) in [5, 5.41) is 2.18. The first-order valence-corrected chi connectivity index (χ1v) is 13.5. The third kappa shape index (κ3) is 3.43. The van der Waals surface area contributed by atoms with Gasteiger partial charge in [-0.15, -0.1) is 0 Å². The number of nitrogens with zero attached hydrogens (tertiary/aromatic N) is 3. The minimum Gasteiger partial charge on any atom is -0.456 e. The van der Waals surface area contributed by atoms with E-state index < -0.39 is 0 Å². The van der Waals surface area contributed by atoms with Crippen molar-refractivity contribution in [3.63, 3.8) is 0 Å². The topological polar surface area (TPSA) is 51.8 Å². The summed E-state index contributed by atoms with van der Waals surface area (Å²) >= 11 is 0. The molecule has 0 saturated carbocycles. The van der Waals surface area contributed by atoms with Gasteiger partial charge in [0.05, 0.1) is 0 Å². The smallest absolute Gasteiger partial charge is 0.164 e. The Labute approximate surface area is 232 Å². The van der Waals surface area contributed by atoms with Gasteiger partial charge < -0.3 is 4.42 Å². The Morgan fingerprint density at radius 2 is 1.07 bits per heavy atom. The predicted molar refractivity (Wildman–Crippen MR) is 161 cm³/mol. The van der Waals surface area contributed by atoms with Crippen LogP contribution in [0.25, 0.3) is 67.2 Å². The van der Waals surface area contributed by atoms with E-state index in [-0.39, 0.29) is 5.41 Å². The second-order valence-corrected chi connectivity index (χ2v) is 10.9. The Balaban J connectivity index is 1.32. The van der Waals surface area contributed by atoms with Gasteiger partial charge in [0, 0.05) is 32.9 Å². The third-order valence-electron chi connectivity index (χ3n) is 8.15. The first-order chi connectivity index (χ1) is 19.6. The van der Waals surface area contributed by atoms with Crippen LogP contribution in [-0.4, -0.2) is 15.0 Å². The quantitative estimate of drug-likeness (QED) is 0.235. The fraction of sp³-hybridized carbons (Fsp3) is 0.0833. The molecule has 0 saturated heterocycles. The number of rotatable bonds is 3. The summed E-state index contributed by atoms with van der Waals surface area (Å²) in [6.45, 7) is 4.58. The zero-order valence-corrected chi connectivity index (χ0v) is 22.2. The lowest BCUT2D eigenvalue weighted by atomic mass is 9.82. The van der Waals surface area contributed by atoms with Crippen LogP contribution in [0.1, 0.15) is 25.0 Å². The van der Waals surface area contributed by atoms with Gasteiger partial charge in [0.15, 0.2) is 17.5 Å². The van der Waals surface area contributed by atoms with Gasteiger partial charge in [0.25, 0.3) is 0 Å². The molecule has 2 heterocycles. The Morgan fingerprint density at radius 1 is 0.475 bits per heavy atom. The Kier molecular flexibility index (Phi) is 4.83.